The Labute approximate surface area is 164 Å². The van der Waals surface area contributed by atoms with Crippen LogP contribution in [0.25, 0.3) is 11.3 Å². The van der Waals surface area contributed by atoms with Crippen LogP contribution in [0.4, 0.5) is 5.82 Å². The van der Waals surface area contributed by atoms with E-state index < -0.39 is 26.9 Å². The van der Waals surface area contributed by atoms with E-state index in [4.69, 9.17) is 0 Å². The van der Waals surface area contributed by atoms with Gasteiger partial charge in [-0.2, -0.15) is 0 Å². The van der Waals surface area contributed by atoms with Crippen molar-refractivity contribution in [3.8, 4) is 11.3 Å². The van der Waals surface area contributed by atoms with E-state index in [-0.39, 0.29) is 57.1 Å². The largest absolute Gasteiger partial charge is 1.00 e. The number of benzene rings is 1. The average Bonchev–Trinajstić information content (AvgIpc) is 2.84. The van der Waals surface area contributed by atoms with Gasteiger partial charge in [-0.05, 0) is 20.3 Å². The van der Waals surface area contributed by atoms with E-state index in [2.05, 4.69) is 5.10 Å². The number of nitrogens with zero attached hydrogens (tertiary/aromatic N) is 5. The van der Waals surface area contributed by atoms with Gasteiger partial charge in [0.05, 0.1) is 5.69 Å². The number of aromatic nitrogens is 2. The second kappa shape index (κ2) is 7.41. The molecule has 22 heavy (non-hydrogen) atoms. The molecule has 0 aliphatic carbocycles. The smallest absolute Gasteiger partial charge is 0.358 e. The van der Waals surface area contributed by atoms with E-state index >= 15 is 0 Å². The molecular weight excluding hydrogens is 325 g/mol. The van der Waals surface area contributed by atoms with Crippen molar-refractivity contribution in [1.82, 2.24) is 9.78 Å². The van der Waals surface area contributed by atoms with Gasteiger partial charge in [0.25, 0.3) is 0 Å². The molecule has 1 aromatic carbocycles. The predicted molar refractivity (Wildman–Crippen MR) is 66.9 cm³/mol. The van der Waals surface area contributed by atoms with Crippen molar-refractivity contribution >= 4 is 5.82 Å². The number of nitro groups is 3. The van der Waals surface area contributed by atoms with Crippen molar-refractivity contribution in [2.75, 3.05) is 0 Å². The first-order chi connectivity index (χ1) is 9.91. The fraction of sp³-hybridized carbons (Fsp3) is 0. The molecule has 0 amide bonds. The summed E-state index contributed by atoms with van der Waals surface area (Å²) >= 11 is 0. The minimum atomic E-state index is -1.48. The molecule has 0 aliphatic rings. The summed E-state index contributed by atoms with van der Waals surface area (Å²) in [5.74, 6) is -0.727. The van der Waals surface area contributed by atoms with E-state index in [0.29, 0.717) is 10.2 Å². The first kappa shape index (κ1) is 18.2. The second-order valence-electron chi connectivity index (χ2n) is 3.74. The summed E-state index contributed by atoms with van der Waals surface area (Å²) in [5.41, 5.74) is 0.199. The summed E-state index contributed by atoms with van der Waals surface area (Å²) in [6.45, 7) is 0. The SMILES string of the molecule is O=[N+]([O-])c1cc(-c2ccccc2)n([C-]([N+](=O)[O-])[N+](=O)[O-])n1.[K+]. The van der Waals surface area contributed by atoms with E-state index in [1.54, 1.807) is 18.2 Å². The van der Waals surface area contributed by atoms with Crippen LogP contribution in [-0.2, 0) is 0 Å². The quantitative estimate of drug-likeness (QED) is 0.275. The van der Waals surface area contributed by atoms with Crippen molar-refractivity contribution in [3.05, 3.63) is 73.0 Å². The van der Waals surface area contributed by atoms with Crippen molar-refractivity contribution < 1.29 is 66.2 Å². The van der Waals surface area contributed by atoms with Crippen LogP contribution in [0, 0.1) is 36.6 Å². The maximum Gasteiger partial charge on any atom is 1.00 e. The molecule has 0 bridgehead atoms. The topological polar surface area (TPSA) is 147 Å². The number of hydrogen-bond acceptors (Lipinski definition) is 7. The van der Waals surface area contributed by atoms with Crippen molar-refractivity contribution in [2.45, 2.75) is 0 Å². The van der Waals surface area contributed by atoms with Gasteiger partial charge in [-0.15, -0.1) is 0 Å². The van der Waals surface area contributed by atoms with Crippen LogP contribution in [0.2, 0.25) is 0 Å². The molecule has 0 atom stereocenters. The molecule has 0 N–H and O–H groups in total. The minimum Gasteiger partial charge on any atom is -0.358 e. The van der Waals surface area contributed by atoms with Gasteiger partial charge in [0.2, 0.25) is 0 Å². The third-order valence-electron chi connectivity index (χ3n) is 2.47. The third kappa shape index (κ3) is 3.66. The molecule has 1 aromatic heterocycles. The van der Waals surface area contributed by atoms with Gasteiger partial charge < -0.3 is 30.3 Å². The van der Waals surface area contributed by atoms with Gasteiger partial charge in [-0.3, -0.25) is 0 Å². The Morgan fingerprint density at radius 1 is 1.00 bits per heavy atom. The van der Waals surface area contributed by atoms with Gasteiger partial charge in [0.1, 0.15) is 5.10 Å². The van der Waals surface area contributed by atoms with Gasteiger partial charge in [0, 0.05) is 6.07 Å². The summed E-state index contributed by atoms with van der Waals surface area (Å²) in [6.07, 6.45) is -1.48. The van der Waals surface area contributed by atoms with Gasteiger partial charge in [-0.25, -0.2) is 0 Å². The molecule has 0 saturated heterocycles. The standard InChI is InChI=1S/C10H6N5O6.K/c16-13(17)9-6-8(7-4-2-1-3-5-7)12(11-9)10(14(18)19)15(20)21;/h1-6H;/q-1;+1. The fourth-order valence-electron chi connectivity index (χ4n) is 1.65. The zero-order valence-corrected chi connectivity index (χ0v) is 14.3. The second-order valence-corrected chi connectivity index (χ2v) is 3.74. The number of rotatable bonds is 5. The van der Waals surface area contributed by atoms with Crippen LogP contribution < -0.4 is 51.4 Å². The molecule has 11 nitrogen and oxygen atoms in total. The van der Waals surface area contributed by atoms with Crippen LogP contribution in [0.1, 0.15) is 0 Å². The zero-order chi connectivity index (χ0) is 15.6. The Morgan fingerprint density at radius 3 is 2.00 bits per heavy atom. The first-order valence-electron chi connectivity index (χ1n) is 5.38. The average molecular weight is 331 g/mol. The monoisotopic (exact) mass is 331 g/mol. The van der Waals surface area contributed by atoms with Gasteiger partial charge in [-0.1, -0.05) is 35.0 Å². The van der Waals surface area contributed by atoms with Crippen LogP contribution in [-0.4, -0.2) is 24.6 Å². The van der Waals surface area contributed by atoms with Gasteiger partial charge in [0.15, 0.2) is 0 Å². The summed E-state index contributed by atoms with van der Waals surface area (Å²) in [7, 11) is 0. The molecule has 12 heteroatoms. The van der Waals surface area contributed by atoms with E-state index in [1.807, 2.05) is 0 Å². The fourth-order valence-corrected chi connectivity index (χ4v) is 1.65. The predicted octanol–water partition coefficient (Wildman–Crippen LogP) is -1.69. The molecule has 0 radical (unpaired) electrons. The Kier molecular flexibility index (Phi) is 6.13. The molecule has 0 spiro atoms. The van der Waals surface area contributed by atoms with E-state index in [1.165, 1.54) is 12.1 Å². The van der Waals surface area contributed by atoms with Crippen LogP contribution in [0.5, 0.6) is 0 Å². The Hall–Kier alpha value is -1.86. The number of hydrogen-bond donors (Lipinski definition) is 0. The maximum absolute atomic E-state index is 10.8. The zero-order valence-electron chi connectivity index (χ0n) is 11.1. The Balaban J connectivity index is 0.00000242. The molecule has 1 heterocycles. The maximum atomic E-state index is 10.8. The minimum absolute atomic E-state index is 0. The van der Waals surface area contributed by atoms with Crippen LogP contribution in [0.15, 0.2) is 36.4 Å². The summed E-state index contributed by atoms with van der Waals surface area (Å²) in [6, 6.07) is 8.74. The summed E-state index contributed by atoms with van der Waals surface area (Å²) in [5, 5.41) is 35.7. The molecule has 0 fully saturated rings. The molecule has 0 unspecified atom stereocenters. The molecule has 2 rings (SSSR count). The molecule has 0 saturated carbocycles. The van der Waals surface area contributed by atoms with E-state index in [9.17, 15) is 30.3 Å². The van der Waals surface area contributed by atoms with Crippen molar-refractivity contribution in [3.63, 3.8) is 0 Å². The summed E-state index contributed by atoms with van der Waals surface area (Å²) in [4.78, 5) is 28.9. The van der Waals surface area contributed by atoms with Gasteiger partial charge >= 0.3 is 63.5 Å². The first-order valence-corrected chi connectivity index (χ1v) is 5.38. The third-order valence-corrected chi connectivity index (χ3v) is 2.47. The Bertz CT molecular complexity index is 704. The van der Waals surface area contributed by atoms with Crippen LogP contribution >= 0.6 is 0 Å². The normalized spacial score (nSPS) is 9.64. The molecule has 2 aromatic rings. The van der Waals surface area contributed by atoms with Crippen molar-refractivity contribution in [2.24, 2.45) is 0 Å². The molecule has 108 valence electrons. The van der Waals surface area contributed by atoms with Crippen LogP contribution in [0.3, 0.4) is 0 Å². The summed E-state index contributed by atoms with van der Waals surface area (Å²) < 4.78 is 0.341. The van der Waals surface area contributed by atoms with Crippen molar-refractivity contribution in [1.29, 1.82) is 0 Å². The molecule has 0 aliphatic heterocycles. The molecular formula is C10H6KN5O6. The Morgan fingerprint density at radius 2 is 1.55 bits per heavy atom. The van der Waals surface area contributed by atoms with E-state index in [0.717, 1.165) is 6.07 Å².